The van der Waals surface area contributed by atoms with Gasteiger partial charge in [0, 0.05) is 12.2 Å². The molecule has 4 N–H and O–H groups in total. The number of alkyl carbamates (subject to hydrolysis) is 1. The van der Waals surface area contributed by atoms with Crippen molar-refractivity contribution in [2.45, 2.75) is 89.1 Å². The van der Waals surface area contributed by atoms with Gasteiger partial charge in [-0.25, -0.2) is 9.78 Å². The third kappa shape index (κ3) is 8.36. The van der Waals surface area contributed by atoms with E-state index in [-0.39, 0.29) is 11.9 Å². The lowest BCUT2D eigenvalue weighted by molar-refractivity contribution is -0.130. The van der Waals surface area contributed by atoms with E-state index in [0.29, 0.717) is 12.8 Å². The molecule has 1 fully saturated rings. The summed E-state index contributed by atoms with van der Waals surface area (Å²) in [4.78, 5) is 56.8. The molecule has 1 aliphatic heterocycles. The van der Waals surface area contributed by atoms with Crippen LogP contribution >= 0.6 is 0 Å². The van der Waals surface area contributed by atoms with Crippen molar-refractivity contribution >= 4 is 30.0 Å². The van der Waals surface area contributed by atoms with Crippen molar-refractivity contribution in [1.82, 2.24) is 25.5 Å². The second-order valence-corrected chi connectivity index (χ2v) is 12.9. The Balaban J connectivity index is 1.55. The third-order valence-electron chi connectivity index (χ3n) is 7.84. The molecule has 1 aliphatic rings. The van der Waals surface area contributed by atoms with Crippen molar-refractivity contribution in [3.8, 4) is 0 Å². The van der Waals surface area contributed by atoms with Gasteiger partial charge in [0.15, 0.2) is 12.1 Å². The van der Waals surface area contributed by atoms with E-state index in [0.717, 1.165) is 36.8 Å². The predicted octanol–water partition coefficient (Wildman–Crippen LogP) is 3.94. The Bertz CT molecular complexity index is 1460. The molecule has 4 rings (SSSR count). The highest BCUT2D eigenvalue weighted by molar-refractivity contribution is 5.98. The van der Waals surface area contributed by atoms with Gasteiger partial charge in [-0.3, -0.25) is 9.59 Å². The van der Waals surface area contributed by atoms with Gasteiger partial charge >= 0.3 is 6.09 Å². The van der Waals surface area contributed by atoms with Gasteiger partial charge in [0.05, 0.1) is 6.33 Å². The highest BCUT2D eigenvalue weighted by atomic mass is 16.6. The van der Waals surface area contributed by atoms with Crippen LogP contribution in [0.15, 0.2) is 73.2 Å². The minimum Gasteiger partial charge on any atom is -0.444 e. The van der Waals surface area contributed by atoms with E-state index in [9.17, 15) is 19.2 Å². The second-order valence-electron chi connectivity index (χ2n) is 12.9. The highest BCUT2D eigenvalue weighted by Gasteiger charge is 2.44. The minimum atomic E-state index is -1.37. The molecule has 1 aromatic heterocycles. The fraction of sp³-hybridized carbons (Fsp3) is 0.441. The Labute approximate surface area is 264 Å². The predicted molar refractivity (Wildman–Crippen MR) is 172 cm³/mol. The summed E-state index contributed by atoms with van der Waals surface area (Å²) < 4.78 is 7.05. The number of imidazole rings is 1. The first-order valence-electron chi connectivity index (χ1n) is 15.3. The normalized spacial score (nSPS) is 17.0. The maximum absolute atomic E-state index is 13.7. The molecule has 2 heterocycles. The second kappa shape index (κ2) is 14.1. The number of amides is 3. The molecule has 11 nitrogen and oxygen atoms in total. The van der Waals surface area contributed by atoms with Gasteiger partial charge < -0.3 is 35.4 Å². The molecule has 1 saturated heterocycles. The number of benzene rings is 2. The number of hydrogen-bond donors (Lipinski definition) is 4. The van der Waals surface area contributed by atoms with E-state index in [4.69, 9.17) is 4.74 Å². The minimum absolute atomic E-state index is 0.159. The van der Waals surface area contributed by atoms with Crippen LogP contribution in [-0.4, -0.2) is 63.5 Å². The van der Waals surface area contributed by atoms with Gasteiger partial charge in [-0.15, -0.1) is 0 Å². The monoisotopic (exact) mass is 616 g/mol. The van der Waals surface area contributed by atoms with Crippen LogP contribution in [0.3, 0.4) is 0 Å². The molecule has 0 bridgehead atoms. The van der Waals surface area contributed by atoms with Gasteiger partial charge in [0.25, 0.3) is 0 Å². The summed E-state index contributed by atoms with van der Waals surface area (Å²) in [5.41, 5.74) is -1.37. The number of nitrogens with one attached hydrogen (secondary N) is 4. The van der Waals surface area contributed by atoms with E-state index in [1.807, 2.05) is 60.7 Å². The number of anilines is 1. The highest BCUT2D eigenvalue weighted by Crippen LogP contribution is 2.33. The van der Waals surface area contributed by atoms with Crippen LogP contribution < -0.4 is 21.3 Å². The topological polar surface area (TPSA) is 143 Å². The van der Waals surface area contributed by atoms with Gasteiger partial charge in [-0.2, -0.15) is 0 Å². The lowest BCUT2D eigenvalue weighted by Crippen LogP contribution is -2.59. The average molecular weight is 617 g/mol. The summed E-state index contributed by atoms with van der Waals surface area (Å²) in [7, 11) is 0. The number of carbonyl (C=O) groups is 4. The molecule has 2 aromatic carbocycles. The average Bonchev–Trinajstić information content (AvgIpc) is 3.69. The molecule has 0 radical (unpaired) electrons. The van der Waals surface area contributed by atoms with Crippen LogP contribution in [-0.2, 0) is 31.1 Å². The van der Waals surface area contributed by atoms with E-state index in [1.165, 1.54) is 0 Å². The summed E-state index contributed by atoms with van der Waals surface area (Å²) in [6.07, 6.45) is 5.92. The molecule has 0 saturated carbocycles. The number of ether oxygens (including phenoxy) is 1. The van der Waals surface area contributed by atoms with Crippen LogP contribution in [0, 0.1) is 0 Å². The lowest BCUT2D eigenvalue weighted by Gasteiger charge is -2.36. The molecule has 0 aliphatic carbocycles. The van der Waals surface area contributed by atoms with E-state index < -0.39 is 40.6 Å². The zero-order valence-corrected chi connectivity index (χ0v) is 26.6. The Morgan fingerprint density at radius 1 is 1.04 bits per heavy atom. The molecule has 0 spiro atoms. The molecule has 3 aromatic rings. The first-order valence-corrected chi connectivity index (χ1v) is 15.3. The van der Waals surface area contributed by atoms with Crippen LogP contribution in [0.25, 0.3) is 0 Å². The molecule has 2 unspecified atom stereocenters. The van der Waals surface area contributed by atoms with Crippen molar-refractivity contribution in [3.63, 3.8) is 0 Å². The fourth-order valence-corrected chi connectivity index (χ4v) is 5.49. The van der Waals surface area contributed by atoms with Gasteiger partial charge in [-0.05, 0) is 78.0 Å². The van der Waals surface area contributed by atoms with Crippen molar-refractivity contribution in [2.75, 3.05) is 11.9 Å². The van der Waals surface area contributed by atoms with Gasteiger partial charge in [0.2, 0.25) is 11.8 Å². The molecule has 45 heavy (non-hydrogen) atoms. The number of carbonyl (C=O) groups excluding carboxylic acids is 4. The van der Waals surface area contributed by atoms with E-state index in [1.54, 1.807) is 51.7 Å². The lowest BCUT2D eigenvalue weighted by atomic mass is 9.82. The Morgan fingerprint density at radius 2 is 1.71 bits per heavy atom. The Hall–Kier alpha value is -4.51. The summed E-state index contributed by atoms with van der Waals surface area (Å²) in [6, 6.07) is 18.0. The number of aldehydes is 1. The first kappa shape index (κ1) is 33.4. The van der Waals surface area contributed by atoms with E-state index in [2.05, 4.69) is 26.3 Å². The van der Waals surface area contributed by atoms with Crippen molar-refractivity contribution < 1.29 is 23.9 Å². The van der Waals surface area contributed by atoms with Crippen LogP contribution in [0.2, 0.25) is 0 Å². The standard InChI is InChI=1S/C34H44N6O5/c1-32(2,3)45-31(44)39-33(4,5)30(43)37-26(19-18-24-13-8-6-9-14-24)29(42)38-28-21-40(23-36-28)34(22-41,27-17-12-20-35-27)25-15-10-7-11-16-25/h6-11,13-16,21-23,26-27,35H,12,17-20H2,1-5H3,(H,37,43)(H,38,42)(H,39,44)/t26-,27?,34?/m1/s1. The third-order valence-corrected chi connectivity index (χ3v) is 7.84. The molecule has 240 valence electrons. The van der Waals surface area contributed by atoms with E-state index >= 15 is 0 Å². The van der Waals surface area contributed by atoms with Crippen LogP contribution in [0.1, 0.15) is 65.0 Å². The van der Waals surface area contributed by atoms with Gasteiger partial charge in [-0.1, -0.05) is 60.7 Å². The van der Waals surface area contributed by atoms with Crippen LogP contribution in [0.4, 0.5) is 10.6 Å². The van der Waals surface area contributed by atoms with Crippen molar-refractivity contribution in [3.05, 3.63) is 84.3 Å². The van der Waals surface area contributed by atoms with Crippen molar-refractivity contribution in [1.29, 1.82) is 0 Å². The Morgan fingerprint density at radius 3 is 2.31 bits per heavy atom. The maximum Gasteiger partial charge on any atom is 0.408 e. The number of hydrogen-bond acceptors (Lipinski definition) is 7. The fourth-order valence-electron chi connectivity index (χ4n) is 5.49. The number of nitrogens with zero attached hydrogens (tertiary/aromatic N) is 2. The smallest absolute Gasteiger partial charge is 0.408 e. The summed E-state index contributed by atoms with van der Waals surface area (Å²) >= 11 is 0. The van der Waals surface area contributed by atoms with Crippen LogP contribution in [0.5, 0.6) is 0 Å². The molecule has 3 amide bonds. The molecular weight excluding hydrogens is 572 g/mol. The Kier molecular flexibility index (Phi) is 10.4. The number of rotatable bonds is 12. The zero-order valence-electron chi connectivity index (χ0n) is 26.6. The van der Waals surface area contributed by atoms with Crippen molar-refractivity contribution in [2.24, 2.45) is 0 Å². The quantitative estimate of drug-likeness (QED) is 0.226. The number of aryl methyl sites for hydroxylation is 1. The first-order chi connectivity index (χ1) is 21.3. The zero-order chi connectivity index (χ0) is 32.7. The molecule has 11 heteroatoms. The maximum atomic E-state index is 13.7. The SMILES string of the molecule is CC(C)(C)OC(=O)NC(C)(C)C(=O)N[C@H](CCc1ccccc1)C(=O)Nc1cn(C(C=O)(c2ccccc2)C2CCCN2)cn1. The number of aromatic nitrogens is 2. The summed E-state index contributed by atoms with van der Waals surface area (Å²) in [5.74, 6) is -0.790. The largest absolute Gasteiger partial charge is 0.444 e. The summed E-state index contributed by atoms with van der Waals surface area (Å²) in [5, 5.41) is 11.7. The summed E-state index contributed by atoms with van der Waals surface area (Å²) in [6.45, 7) is 9.07. The van der Waals surface area contributed by atoms with Gasteiger partial charge in [0.1, 0.15) is 22.7 Å². The molecular formula is C34H44N6O5. The molecule has 3 atom stereocenters.